The standard InChI is InChI=1S/C16H20N6O/c1-2-21-12-17-19-16(21)15-11-20(7-8-23-15)10-13-9-18-22-6-4-3-5-14(13)22/h3-6,9,12,15H,2,7-8,10-11H2,1H3/t15-/m1/s1. The molecule has 120 valence electrons. The quantitative estimate of drug-likeness (QED) is 0.731. The summed E-state index contributed by atoms with van der Waals surface area (Å²) in [4.78, 5) is 2.40. The van der Waals surface area contributed by atoms with Crippen LogP contribution in [0.2, 0.25) is 0 Å². The molecule has 0 unspecified atom stereocenters. The SMILES string of the molecule is CCn1cnnc1[C@H]1CN(Cc2cnn3ccccc23)CCO1. The number of ether oxygens (including phenoxy) is 1. The largest absolute Gasteiger partial charge is 0.368 e. The van der Waals surface area contributed by atoms with Gasteiger partial charge in [-0.3, -0.25) is 4.90 Å². The van der Waals surface area contributed by atoms with Crippen LogP contribution in [0.3, 0.4) is 0 Å². The number of pyridine rings is 1. The fourth-order valence-electron chi connectivity index (χ4n) is 3.11. The molecule has 0 aliphatic carbocycles. The Bertz CT molecular complexity index is 795. The van der Waals surface area contributed by atoms with Gasteiger partial charge in [0.15, 0.2) is 5.82 Å². The van der Waals surface area contributed by atoms with Crippen LogP contribution in [0.25, 0.3) is 5.52 Å². The van der Waals surface area contributed by atoms with Gasteiger partial charge in [0.2, 0.25) is 0 Å². The Kier molecular flexibility index (Phi) is 3.80. The summed E-state index contributed by atoms with van der Waals surface area (Å²) in [5, 5.41) is 12.7. The lowest BCUT2D eigenvalue weighted by Crippen LogP contribution is -2.38. The monoisotopic (exact) mass is 312 g/mol. The van der Waals surface area contributed by atoms with Crippen LogP contribution < -0.4 is 0 Å². The van der Waals surface area contributed by atoms with Gasteiger partial charge in [-0.2, -0.15) is 5.10 Å². The highest BCUT2D eigenvalue weighted by atomic mass is 16.5. The van der Waals surface area contributed by atoms with Crippen molar-refractivity contribution < 1.29 is 4.74 Å². The lowest BCUT2D eigenvalue weighted by molar-refractivity contribution is -0.0387. The smallest absolute Gasteiger partial charge is 0.163 e. The van der Waals surface area contributed by atoms with Gasteiger partial charge in [0.25, 0.3) is 0 Å². The molecule has 3 aromatic heterocycles. The fraction of sp³-hybridized carbons (Fsp3) is 0.438. The Morgan fingerprint density at radius 2 is 2.30 bits per heavy atom. The summed E-state index contributed by atoms with van der Waals surface area (Å²) in [5.41, 5.74) is 2.40. The molecular formula is C16H20N6O. The van der Waals surface area contributed by atoms with Crippen LogP contribution in [0.5, 0.6) is 0 Å². The molecule has 7 heteroatoms. The van der Waals surface area contributed by atoms with E-state index >= 15 is 0 Å². The Morgan fingerprint density at radius 1 is 1.35 bits per heavy atom. The predicted octanol–water partition coefficient (Wildman–Crippen LogP) is 1.52. The molecule has 0 aromatic carbocycles. The van der Waals surface area contributed by atoms with Crippen molar-refractivity contribution in [2.45, 2.75) is 26.1 Å². The van der Waals surface area contributed by atoms with E-state index in [1.807, 2.05) is 33.6 Å². The van der Waals surface area contributed by atoms with Gasteiger partial charge in [0, 0.05) is 37.9 Å². The summed E-state index contributed by atoms with van der Waals surface area (Å²) in [6.45, 7) is 6.26. The third-order valence-corrected chi connectivity index (χ3v) is 4.32. The first-order chi connectivity index (χ1) is 11.3. The maximum atomic E-state index is 5.92. The molecule has 1 saturated heterocycles. The molecule has 4 rings (SSSR count). The molecule has 23 heavy (non-hydrogen) atoms. The van der Waals surface area contributed by atoms with Gasteiger partial charge in [-0.05, 0) is 19.1 Å². The first-order valence-electron chi connectivity index (χ1n) is 7.98. The summed E-state index contributed by atoms with van der Waals surface area (Å²) in [7, 11) is 0. The molecule has 1 aliphatic heterocycles. The van der Waals surface area contributed by atoms with Crippen molar-refractivity contribution in [3.63, 3.8) is 0 Å². The van der Waals surface area contributed by atoms with Crippen molar-refractivity contribution in [2.24, 2.45) is 0 Å². The molecule has 1 fully saturated rings. The third-order valence-electron chi connectivity index (χ3n) is 4.32. The molecule has 0 amide bonds. The highest BCUT2D eigenvalue weighted by molar-refractivity contribution is 5.53. The maximum Gasteiger partial charge on any atom is 0.163 e. The summed E-state index contributed by atoms with van der Waals surface area (Å²) in [5.74, 6) is 0.914. The van der Waals surface area contributed by atoms with Crippen LogP contribution in [0.15, 0.2) is 36.9 Å². The molecule has 0 radical (unpaired) electrons. The minimum atomic E-state index is -0.0203. The molecule has 7 nitrogen and oxygen atoms in total. The molecular weight excluding hydrogens is 292 g/mol. The van der Waals surface area contributed by atoms with E-state index in [1.165, 1.54) is 5.56 Å². The lowest BCUT2D eigenvalue weighted by atomic mass is 10.2. The average Bonchev–Trinajstić information content (AvgIpc) is 3.22. The minimum Gasteiger partial charge on any atom is -0.368 e. The second-order valence-corrected chi connectivity index (χ2v) is 5.77. The summed E-state index contributed by atoms with van der Waals surface area (Å²) in [6, 6.07) is 6.15. The van der Waals surface area contributed by atoms with Gasteiger partial charge in [-0.1, -0.05) is 6.07 Å². The Morgan fingerprint density at radius 3 is 3.22 bits per heavy atom. The van der Waals surface area contributed by atoms with Gasteiger partial charge in [-0.25, -0.2) is 4.52 Å². The van der Waals surface area contributed by atoms with Crippen LogP contribution in [0.4, 0.5) is 0 Å². The van der Waals surface area contributed by atoms with Crippen molar-refractivity contribution in [3.8, 4) is 0 Å². The number of fused-ring (bicyclic) bond motifs is 1. The predicted molar refractivity (Wildman–Crippen MR) is 84.9 cm³/mol. The van der Waals surface area contributed by atoms with E-state index in [0.717, 1.165) is 37.5 Å². The summed E-state index contributed by atoms with van der Waals surface area (Å²) < 4.78 is 9.88. The molecule has 0 N–H and O–H groups in total. The molecule has 0 saturated carbocycles. The highest BCUT2D eigenvalue weighted by Crippen LogP contribution is 2.22. The van der Waals surface area contributed by atoms with Gasteiger partial charge < -0.3 is 9.30 Å². The van der Waals surface area contributed by atoms with Crippen molar-refractivity contribution >= 4 is 5.52 Å². The Hall–Kier alpha value is -2.25. The topological polar surface area (TPSA) is 60.5 Å². The fourth-order valence-corrected chi connectivity index (χ4v) is 3.11. The van der Waals surface area contributed by atoms with E-state index in [1.54, 1.807) is 6.33 Å². The van der Waals surface area contributed by atoms with E-state index in [9.17, 15) is 0 Å². The second kappa shape index (κ2) is 6.10. The zero-order chi connectivity index (χ0) is 15.6. The van der Waals surface area contributed by atoms with Gasteiger partial charge in [0.1, 0.15) is 12.4 Å². The number of hydrogen-bond donors (Lipinski definition) is 0. The molecule has 0 spiro atoms. The van der Waals surface area contributed by atoms with Gasteiger partial charge in [0.05, 0.1) is 18.3 Å². The normalized spacial score (nSPS) is 19.4. The van der Waals surface area contributed by atoms with Crippen molar-refractivity contribution in [1.29, 1.82) is 0 Å². The first-order valence-corrected chi connectivity index (χ1v) is 7.98. The van der Waals surface area contributed by atoms with Gasteiger partial charge in [-0.15, -0.1) is 10.2 Å². The van der Waals surface area contributed by atoms with Crippen LogP contribution in [0, 0.1) is 0 Å². The molecule has 1 atom stereocenters. The van der Waals surface area contributed by atoms with Gasteiger partial charge >= 0.3 is 0 Å². The molecule has 0 bridgehead atoms. The summed E-state index contributed by atoms with van der Waals surface area (Å²) in [6.07, 6.45) is 5.68. The van der Waals surface area contributed by atoms with E-state index < -0.39 is 0 Å². The van der Waals surface area contributed by atoms with E-state index in [-0.39, 0.29) is 6.10 Å². The Labute approximate surface area is 134 Å². The number of rotatable bonds is 4. The van der Waals surface area contributed by atoms with Crippen molar-refractivity contribution in [3.05, 3.63) is 48.3 Å². The molecule has 1 aliphatic rings. The van der Waals surface area contributed by atoms with Crippen LogP contribution in [0.1, 0.15) is 24.4 Å². The molecule has 3 aromatic rings. The van der Waals surface area contributed by atoms with E-state index in [4.69, 9.17) is 4.74 Å². The highest BCUT2D eigenvalue weighted by Gasteiger charge is 2.26. The number of nitrogens with zero attached hydrogens (tertiary/aromatic N) is 6. The van der Waals surface area contributed by atoms with Crippen molar-refractivity contribution in [1.82, 2.24) is 29.3 Å². The molecule has 4 heterocycles. The number of morpholine rings is 1. The Balaban J connectivity index is 1.51. The maximum absolute atomic E-state index is 5.92. The van der Waals surface area contributed by atoms with Crippen LogP contribution in [-0.4, -0.2) is 49.0 Å². The zero-order valence-electron chi connectivity index (χ0n) is 13.2. The zero-order valence-corrected chi connectivity index (χ0v) is 13.2. The van der Waals surface area contributed by atoms with Crippen LogP contribution in [-0.2, 0) is 17.8 Å². The average molecular weight is 312 g/mol. The van der Waals surface area contributed by atoms with E-state index in [2.05, 4.69) is 33.2 Å². The lowest BCUT2D eigenvalue weighted by Gasteiger charge is -2.32. The third kappa shape index (κ3) is 2.73. The first kappa shape index (κ1) is 14.3. The number of aryl methyl sites for hydroxylation is 1. The number of hydrogen-bond acceptors (Lipinski definition) is 5. The summed E-state index contributed by atoms with van der Waals surface area (Å²) >= 11 is 0. The second-order valence-electron chi connectivity index (χ2n) is 5.77. The van der Waals surface area contributed by atoms with E-state index in [0.29, 0.717) is 6.61 Å². The minimum absolute atomic E-state index is 0.0203. The van der Waals surface area contributed by atoms with Crippen molar-refractivity contribution in [2.75, 3.05) is 19.7 Å². The van der Waals surface area contributed by atoms with Crippen LogP contribution >= 0.6 is 0 Å². The number of aromatic nitrogens is 5.